The number of benzene rings is 1. The van der Waals surface area contributed by atoms with Gasteiger partial charge in [-0.15, -0.1) is 0 Å². The minimum atomic E-state index is -0.529. The molecule has 290 valence electrons. The Labute approximate surface area is 319 Å². The number of hydrogen-bond donors (Lipinski definition) is 1. The number of aliphatic hydroxyl groups excluding tert-OH is 1. The zero-order valence-corrected chi connectivity index (χ0v) is 32.6. The lowest BCUT2D eigenvalue weighted by Gasteiger charge is -2.31. The average molecular weight is 741 g/mol. The Hall–Kier alpha value is -4.32. The van der Waals surface area contributed by atoms with E-state index in [0.717, 1.165) is 76.1 Å². The van der Waals surface area contributed by atoms with Gasteiger partial charge in [-0.1, -0.05) is 39.8 Å². The van der Waals surface area contributed by atoms with Crippen LogP contribution in [-0.4, -0.2) is 98.6 Å². The monoisotopic (exact) mass is 740 g/mol. The van der Waals surface area contributed by atoms with E-state index in [9.17, 15) is 24.3 Å². The van der Waals surface area contributed by atoms with E-state index in [1.54, 1.807) is 0 Å². The molecule has 0 bridgehead atoms. The first-order chi connectivity index (χ1) is 25.9. The number of fused-ring (bicyclic) bond motifs is 2. The summed E-state index contributed by atoms with van der Waals surface area (Å²) in [5.74, 6) is -1.39. The van der Waals surface area contributed by atoms with Crippen LogP contribution < -0.4 is 0 Å². The molecule has 4 atom stereocenters. The predicted molar refractivity (Wildman–Crippen MR) is 205 cm³/mol. The van der Waals surface area contributed by atoms with Crippen LogP contribution in [0, 0.1) is 23.7 Å². The Balaban J connectivity index is 0.927. The highest BCUT2D eigenvalue weighted by atomic mass is 16.5. The fourth-order valence-electron chi connectivity index (χ4n) is 9.35. The molecular weight excluding hydrogens is 684 g/mol. The van der Waals surface area contributed by atoms with E-state index >= 15 is 0 Å². The second kappa shape index (κ2) is 15.8. The zero-order valence-electron chi connectivity index (χ0n) is 32.6. The number of nitrogens with zero attached hydrogens (tertiary/aromatic N) is 6. The van der Waals surface area contributed by atoms with Crippen LogP contribution in [-0.2, 0) is 50.1 Å². The van der Waals surface area contributed by atoms with Crippen molar-refractivity contribution in [2.24, 2.45) is 33.7 Å². The van der Waals surface area contributed by atoms with Crippen LogP contribution in [0.4, 0.5) is 0 Å². The van der Waals surface area contributed by atoms with Gasteiger partial charge in [-0.05, 0) is 59.8 Å². The van der Waals surface area contributed by atoms with Crippen molar-refractivity contribution < 1.29 is 29.0 Å². The molecule has 0 spiro atoms. The average Bonchev–Trinajstić information content (AvgIpc) is 4.00. The Bertz CT molecular complexity index is 1650. The highest BCUT2D eigenvalue weighted by Gasteiger charge is 2.41. The minimum absolute atomic E-state index is 0.00147. The van der Waals surface area contributed by atoms with Gasteiger partial charge in [0.25, 0.3) is 0 Å². The first-order valence-corrected chi connectivity index (χ1v) is 19.9. The molecule has 0 radical (unpaired) electrons. The minimum Gasteiger partial charge on any atom is -0.469 e. The highest BCUT2D eigenvalue weighted by Crippen LogP contribution is 2.38. The molecule has 54 heavy (non-hydrogen) atoms. The third-order valence-electron chi connectivity index (χ3n) is 12.6. The maximum Gasteiger partial charge on any atom is 0.306 e. The van der Waals surface area contributed by atoms with Crippen molar-refractivity contribution in [2.45, 2.75) is 117 Å². The molecule has 1 aromatic rings. The number of Topliss-reactive ketones (excluding diaryl/α,β-unsaturated/α-hetero) is 1. The normalized spacial score (nSPS) is 23.1. The van der Waals surface area contributed by atoms with Gasteiger partial charge in [0.05, 0.1) is 31.5 Å². The number of carbonyl (C=O) groups excluding carboxylic acids is 4. The van der Waals surface area contributed by atoms with Gasteiger partial charge in [-0.2, -0.15) is 0 Å². The molecule has 1 N–H and O–H groups in total. The summed E-state index contributed by atoms with van der Waals surface area (Å²) in [5, 5.41) is 9.32. The second-order valence-corrected chi connectivity index (χ2v) is 16.7. The summed E-state index contributed by atoms with van der Waals surface area (Å²) < 4.78 is 4.90. The lowest BCUT2D eigenvalue weighted by Crippen LogP contribution is -2.45. The van der Waals surface area contributed by atoms with E-state index in [2.05, 4.69) is 21.9 Å². The van der Waals surface area contributed by atoms with Crippen LogP contribution in [0.1, 0.15) is 101 Å². The fraction of sp³-hybridized carbons (Fsp3) is 0.619. The van der Waals surface area contributed by atoms with Gasteiger partial charge < -0.3 is 29.4 Å². The Morgan fingerprint density at radius 2 is 1.15 bits per heavy atom. The van der Waals surface area contributed by atoms with Gasteiger partial charge in [0.2, 0.25) is 11.8 Å². The first-order valence-electron chi connectivity index (χ1n) is 19.9. The van der Waals surface area contributed by atoms with Crippen molar-refractivity contribution >= 4 is 35.0 Å². The molecule has 12 nitrogen and oxygen atoms in total. The highest BCUT2D eigenvalue weighted by molar-refractivity contribution is 5.98. The quantitative estimate of drug-likeness (QED) is 0.287. The number of hydrogen-bond acceptors (Lipinski definition) is 10. The van der Waals surface area contributed by atoms with Gasteiger partial charge in [0, 0.05) is 99.7 Å². The van der Waals surface area contributed by atoms with E-state index in [1.807, 2.05) is 49.9 Å². The van der Waals surface area contributed by atoms with Crippen molar-refractivity contribution in [3.63, 3.8) is 0 Å². The van der Waals surface area contributed by atoms with E-state index in [0.29, 0.717) is 13.1 Å². The summed E-state index contributed by atoms with van der Waals surface area (Å²) in [6.07, 6.45) is 9.24. The summed E-state index contributed by atoms with van der Waals surface area (Å²) >= 11 is 0. The van der Waals surface area contributed by atoms with Gasteiger partial charge in [-0.3, -0.25) is 29.2 Å². The van der Waals surface area contributed by atoms with E-state index < -0.39 is 18.4 Å². The first kappa shape index (κ1) is 38.0. The molecule has 2 saturated heterocycles. The van der Waals surface area contributed by atoms with Crippen molar-refractivity contribution in [1.82, 2.24) is 19.6 Å². The number of likely N-dealkylation sites (tertiary alicyclic amines) is 2. The maximum atomic E-state index is 13.7. The van der Waals surface area contributed by atoms with E-state index in [4.69, 9.17) is 14.7 Å². The summed E-state index contributed by atoms with van der Waals surface area (Å²) in [6.45, 7) is 12.1. The molecule has 3 unspecified atom stereocenters. The van der Waals surface area contributed by atoms with Crippen LogP contribution in [0.5, 0.6) is 0 Å². The van der Waals surface area contributed by atoms with Crippen LogP contribution in [0.25, 0.3) is 0 Å². The summed E-state index contributed by atoms with van der Waals surface area (Å²) in [6, 6.07) is 4.67. The zero-order chi connectivity index (χ0) is 38.3. The standard InChI is InChI=1S/C42H56N6O6/c1-25(2)34(16-33(50)24-49)41(52)47-10-6-8-38(47)36-14-31(18-43-36)45-20-27-12-29-22-46(23-30(29)13-28(27)21-45)32-15-37(44-19-32)39-9-7-11-48(39)42(53)35(26(3)4)17-40(51)54-5/h12-13,18-19,25-26,34-35,38-39,49H,6-11,14-17,20-24H2,1-5H3/t34?,35-,38?,39?/m0/s1. The van der Waals surface area contributed by atoms with Crippen LogP contribution in [0.15, 0.2) is 45.9 Å². The molecule has 6 aliphatic rings. The van der Waals surface area contributed by atoms with E-state index in [-0.39, 0.29) is 60.3 Å². The van der Waals surface area contributed by atoms with Crippen molar-refractivity contribution in [3.05, 3.63) is 58.2 Å². The molecular formula is C42H56N6O6. The smallest absolute Gasteiger partial charge is 0.306 e. The van der Waals surface area contributed by atoms with Gasteiger partial charge >= 0.3 is 5.97 Å². The topological polar surface area (TPSA) is 135 Å². The fourth-order valence-corrected chi connectivity index (χ4v) is 9.35. The van der Waals surface area contributed by atoms with E-state index in [1.165, 1.54) is 40.8 Å². The van der Waals surface area contributed by atoms with Crippen molar-refractivity contribution in [2.75, 3.05) is 26.8 Å². The third kappa shape index (κ3) is 7.50. The molecule has 0 aromatic heterocycles. The van der Waals surface area contributed by atoms with Gasteiger partial charge in [0.15, 0.2) is 5.78 Å². The largest absolute Gasteiger partial charge is 0.469 e. The molecule has 2 amide bonds. The van der Waals surface area contributed by atoms with Crippen LogP contribution in [0.2, 0.25) is 0 Å². The number of methoxy groups -OCH3 is 1. The Morgan fingerprint density at radius 3 is 1.54 bits per heavy atom. The summed E-state index contributed by atoms with van der Waals surface area (Å²) in [5.41, 5.74) is 9.83. The SMILES string of the molecule is COC(=O)C[C@H](C(=O)N1CCCC1C1=NC=C(N2Cc3cc4c(cc3C2)CN(C2=CN=C(C3CCCN3C(=O)C(CC(=O)CO)C(C)C)C2)C4)C1)C(C)C. The molecule has 1 aromatic carbocycles. The van der Waals surface area contributed by atoms with Crippen molar-refractivity contribution in [3.8, 4) is 0 Å². The maximum absolute atomic E-state index is 13.7. The number of esters is 1. The number of carbonyl (C=O) groups is 4. The van der Waals surface area contributed by atoms with Crippen LogP contribution in [0.3, 0.4) is 0 Å². The molecule has 0 saturated carbocycles. The van der Waals surface area contributed by atoms with Gasteiger partial charge in [-0.25, -0.2) is 0 Å². The number of aliphatic imine (C=N–C) groups is 2. The van der Waals surface area contributed by atoms with Crippen molar-refractivity contribution in [1.29, 1.82) is 0 Å². The third-order valence-corrected chi connectivity index (χ3v) is 12.6. The lowest BCUT2D eigenvalue weighted by atomic mass is 9.89. The lowest BCUT2D eigenvalue weighted by molar-refractivity contribution is -0.148. The predicted octanol–water partition coefficient (Wildman–Crippen LogP) is 4.73. The molecule has 7 rings (SSSR count). The number of ether oxygens (including phenoxy) is 1. The summed E-state index contributed by atoms with van der Waals surface area (Å²) in [7, 11) is 1.37. The molecule has 2 fully saturated rings. The summed E-state index contributed by atoms with van der Waals surface area (Å²) in [4.78, 5) is 70.0. The van der Waals surface area contributed by atoms with Crippen LogP contribution >= 0.6 is 0 Å². The van der Waals surface area contributed by atoms with Gasteiger partial charge in [0.1, 0.15) is 6.61 Å². The number of ketones is 1. The number of aliphatic hydroxyl groups is 1. The Kier molecular flexibility index (Phi) is 11.1. The molecule has 12 heteroatoms. The second-order valence-electron chi connectivity index (χ2n) is 16.7. The molecule has 6 heterocycles. The number of rotatable bonds is 13. The Morgan fingerprint density at radius 1 is 0.722 bits per heavy atom. The number of amides is 2. The molecule has 0 aliphatic carbocycles. The number of allylic oxidation sites excluding steroid dienone is 2. The molecule has 6 aliphatic heterocycles.